The van der Waals surface area contributed by atoms with Crippen molar-refractivity contribution in [2.24, 2.45) is 0 Å². The van der Waals surface area contributed by atoms with E-state index in [9.17, 15) is 0 Å². The van der Waals surface area contributed by atoms with Crippen LogP contribution in [-0.2, 0) is 13.1 Å². The van der Waals surface area contributed by atoms with Crippen LogP contribution in [0.2, 0.25) is 0 Å². The zero-order valence-electron chi connectivity index (χ0n) is 16.3. The Morgan fingerprint density at radius 3 is 2.31 bits per heavy atom. The number of methoxy groups -OCH3 is 1. The van der Waals surface area contributed by atoms with E-state index >= 15 is 0 Å². The number of rotatable bonds is 7. The molecule has 0 saturated carbocycles. The van der Waals surface area contributed by atoms with Gasteiger partial charge in [0.25, 0.3) is 0 Å². The van der Waals surface area contributed by atoms with Crippen LogP contribution >= 0.6 is 12.4 Å². The summed E-state index contributed by atoms with van der Waals surface area (Å²) in [7, 11) is 1.68. The largest absolute Gasteiger partial charge is 0.497 e. The average molecular weight is 406 g/mol. The first kappa shape index (κ1) is 20.6. The summed E-state index contributed by atoms with van der Waals surface area (Å²) in [4.78, 5) is 0. The van der Waals surface area contributed by atoms with Gasteiger partial charge in [-0.3, -0.25) is 0 Å². The van der Waals surface area contributed by atoms with E-state index in [1.807, 2.05) is 47.1 Å². The maximum absolute atomic E-state index is 5.40. The summed E-state index contributed by atoms with van der Waals surface area (Å²) < 4.78 is 7.34. The van der Waals surface area contributed by atoms with Gasteiger partial charge in [0.15, 0.2) is 0 Å². The van der Waals surface area contributed by atoms with Gasteiger partial charge in [-0.05, 0) is 29.8 Å². The Hall–Kier alpha value is -3.08. The summed E-state index contributed by atoms with van der Waals surface area (Å²) in [6.07, 6.45) is 2.10. The van der Waals surface area contributed by atoms with E-state index in [0.29, 0.717) is 0 Å². The molecule has 3 aromatic carbocycles. The lowest BCUT2D eigenvalue weighted by Gasteiger charge is -2.07. The minimum atomic E-state index is 0. The van der Waals surface area contributed by atoms with Gasteiger partial charge in [-0.2, -0.15) is 5.10 Å². The number of benzene rings is 3. The predicted molar refractivity (Wildman–Crippen MR) is 120 cm³/mol. The molecule has 1 N–H and O–H groups in total. The fourth-order valence-corrected chi connectivity index (χ4v) is 3.20. The molecule has 0 aliphatic heterocycles. The van der Waals surface area contributed by atoms with Crippen molar-refractivity contribution in [3.63, 3.8) is 0 Å². The molecule has 148 valence electrons. The second kappa shape index (κ2) is 9.92. The molecule has 4 rings (SSSR count). The molecular formula is C24H24ClN3O. The Morgan fingerprint density at radius 2 is 1.59 bits per heavy atom. The highest BCUT2D eigenvalue weighted by Crippen LogP contribution is 2.27. The number of aromatic nitrogens is 2. The number of ether oxygens (including phenoxy) is 1. The van der Waals surface area contributed by atoms with Crippen LogP contribution in [0.5, 0.6) is 5.75 Å². The Morgan fingerprint density at radius 1 is 0.862 bits per heavy atom. The van der Waals surface area contributed by atoms with Crippen molar-refractivity contribution in [2.45, 2.75) is 13.1 Å². The van der Waals surface area contributed by atoms with E-state index < -0.39 is 0 Å². The first-order chi connectivity index (χ1) is 13.8. The number of nitrogens with zero attached hydrogens (tertiary/aromatic N) is 2. The van der Waals surface area contributed by atoms with Crippen molar-refractivity contribution in [3.8, 4) is 22.7 Å². The second-order valence-corrected chi connectivity index (χ2v) is 6.60. The molecule has 0 radical (unpaired) electrons. The van der Waals surface area contributed by atoms with Crippen LogP contribution in [0.25, 0.3) is 16.9 Å². The molecule has 0 bridgehead atoms. The predicted octanol–water partition coefficient (Wildman–Crippen LogP) is 5.26. The van der Waals surface area contributed by atoms with E-state index in [-0.39, 0.29) is 12.4 Å². The van der Waals surface area contributed by atoms with E-state index in [1.165, 1.54) is 5.56 Å². The molecule has 0 saturated heterocycles. The highest BCUT2D eigenvalue weighted by Gasteiger charge is 2.13. The van der Waals surface area contributed by atoms with Crippen molar-refractivity contribution in [1.82, 2.24) is 15.1 Å². The van der Waals surface area contributed by atoms with E-state index in [1.54, 1.807) is 7.11 Å². The molecule has 0 unspecified atom stereocenters. The van der Waals surface area contributed by atoms with Gasteiger partial charge in [-0.25, -0.2) is 4.68 Å². The van der Waals surface area contributed by atoms with Gasteiger partial charge in [0.1, 0.15) is 5.75 Å². The number of hydrogen-bond donors (Lipinski definition) is 1. The molecule has 4 aromatic rings. The topological polar surface area (TPSA) is 39.1 Å². The van der Waals surface area contributed by atoms with Crippen LogP contribution in [0.15, 0.2) is 91.1 Å². The third-order valence-corrected chi connectivity index (χ3v) is 4.64. The number of hydrogen-bond acceptors (Lipinski definition) is 3. The molecular weight excluding hydrogens is 382 g/mol. The minimum absolute atomic E-state index is 0. The molecule has 0 aliphatic carbocycles. The maximum Gasteiger partial charge on any atom is 0.119 e. The first-order valence-corrected chi connectivity index (χ1v) is 9.36. The molecule has 29 heavy (non-hydrogen) atoms. The summed E-state index contributed by atoms with van der Waals surface area (Å²) in [6.45, 7) is 1.54. The molecule has 0 spiro atoms. The van der Waals surface area contributed by atoms with Crippen LogP contribution < -0.4 is 10.1 Å². The van der Waals surface area contributed by atoms with Crippen LogP contribution in [0, 0.1) is 0 Å². The summed E-state index contributed by atoms with van der Waals surface area (Å²) in [5.74, 6) is 0.829. The fraction of sp³-hybridized carbons (Fsp3) is 0.125. The Bertz CT molecular complexity index is 1030. The zero-order valence-corrected chi connectivity index (χ0v) is 17.1. The highest BCUT2D eigenvalue weighted by molar-refractivity contribution is 5.85. The first-order valence-electron chi connectivity index (χ1n) is 9.36. The standard InChI is InChI=1S/C24H23N3O.ClH/c1-28-23-14-8-11-20(15-23)24-21(17-25-16-19-9-4-2-5-10-19)18-27(26-24)22-12-6-3-7-13-22;/h2-15,18,25H,16-17H2,1H3;1H. The van der Waals surface area contributed by atoms with Gasteiger partial charge in [-0.15, -0.1) is 12.4 Å². The molecule has 0 amide bonds. The normalized spacial score (nSPS) is 10.4. The van der Waals surface area contributed by atoms with Crippen molar-refractivity contribution in [3.05, 3.63) is 102 Å². The number of halogens is 1. The second-order valence-electron chi connectivity index (χ2n) is 6.60. The van der Waals surface area contributed by atoms with Gasteiger partial charge >= 0.3 is 0 Å². The lowest BCUT2D eigenvalue weighted by atomic mass is 10.1. The van der Waals surface area contributed by atoms with Crippen LogP contribution in [-0.4, -0.2) is 16.9 Å². The fourth-order valence-electron chi connectivity index (χ4n) is 3.20. The SMILES string of the molecule is COc1cccc(-c2nn(-c3ccccc3)cc2CNCc2ccccc2)c1.Cl. The molecule has 5 heteroatoms. The Kier molecular flexibility index (Phi) is 7.06. The van der Waals surface area contributed by atoms with Gasteiger partial charge in [-0.1, -0.05) is 60.7 Å². The lowest BCUT2D eigenvalue weighted by Crippen LogP contribution is -2.12. The van der Waals surface area contributed by atoms with Gasteiger partial charge in [0.05, 0.1) is 18.5 Å². The van der Waals surface area contributed by atoms with E-state index in [2.05, 4.69) is 54.0 Å². The molecule has 0 atom stereocenters. The molecule has 1 aromatic heterocycles. The average Bonchev–Trinajstić information content (AvgIpc) is 3.19. The summed E-state index contributed by atoms with van der Waals surface area (Å²) >= 11 is 0. The highest BCUT2D eigenvalue weighted by atomic mass is 35.5. The quantitative estimate of drug-likeness (QED) is 0.456. The minimum Gasteiger partial charge on any atom is -0.497 e. The Labute approximate surface area is 177 Å². The molecule has 1 heterocycles. The maximum atomic E-state index is 5.40. The van der Waals surface area contributed by atoms with Crippen LogP contribution in [0.4, 0.5) is 0 Å². The molecule has 0 fully saturated rings. The van der Waals surface area contributed by atoms with Gasteiger partial charge in [0.2, 0.25) is 0 Å². The van der Waals surface area contributed by atoms with Crippen molar-refractivity contribution < 1.29 is 4.74 Å². The molecule has 0 aliphatic rings. The van der Waals surface area contributed by atoms with Crippen molar-refractivity contribution in [2.75, 3.05) is 7.11 Å². The van der Waals surface area contributed by atoms with E-state index in [0.717, 1.165) is 41.3 Å². The number of nitrogens with one attached hydrogen (secondary N) is 1. The summed E-state index contributed by atoms with van der Waals surface area (Å²) in [5.41, 5.74) is 5.46. The number of para-hydroxylation sites is 1. The van der Waals surface area contributed by atoms with Crippen LogP contribution in [0.3, 0.4) is 0 Å². The van der Waals surface area contributed by atoms with Gasteiger partial charge in [0, 0.05) is 30.4 Å². The molecule has 4 nitrogen and oxygen atoms in total. The van der Waals surface area contributed by atoms with Gasteiger partial charge < -0.3 is 10.1 Å². The third-order valence-electron chi connectivity index (χ3n) is 4.64. The smallest absolute Gasteiger partial charge is 0.119 e. The summed E-state index contributed by atoms with van der Waals surface area (Å²) in [6, 6.07) is 28.6. The summed E-state index contributed by atoms with van der Waals surface area (Å²) in [5, 5.41) is 8.41. The van der Waals surface area contributed by atoms with Crippen LogP contribution in [0.1, 0.15) is 11.1 Å². The monoisotopic (exact) mass is 405 g/mol. The van der Waals surface area contributed by atoms with E-state index in [4.69, 9.17) is 9.84 Å². The third kappa shape index (κ3) is 5.05. The zero-order chi connectivity index (χ0) is 19.2. The van der Waals surface area contributed by atoms with Crippen molar-refractivity contribution >= 4 is 12.4 Å². The Balaban J connectivity index is 0.00000240. The van der Waals surface area contributed by atoms with Crippen molar-refractivity contribution in [1.29, 1.82) is 0 Å². The lowest BCUT2D eigenvalue weighted by molar-refractivity contribution is 0.415.